The number of halogens is 1. The summed E-state index contributed by atoms with van der Waals surface area (Å²) in [6.45, 7) is 3.80. The lowest BCUT2D eigenvalue weighted by Gasteiger charge is -2.41. The molecule has 3 aromatic rings. The highest BCUT2D eigenvalue weighted by Gasteiger charge is 2.46. The summed E-state index contributed by atoms with van der Waals surface area (Å²) >= 11 is 0. The summed E-state index contributed by atoms with van der Waals surface area (Å²) < 4.78 is 48.8. The van der Waals surface area contributed by atoms with Crippen LogP contribution in [0.15, 0.2) is 59.5 Å². The number of allylic oxidation sites excluding steroid dienone is 1. The monoisotopic (exact) mass is 425 g/mol. The van der Waals surface area contributed by atoms with Crippen molar-refractivity contribution in [3.8, 4) is 0 Å². The van der Waals surface area contributed by atoms with Gasteiger partial charge in [-0.05, 0) is 61.9 Å². The molecule has 0 saturated heterocycles. The van der Waals surface area contributed by atoms with E-state index in [4.69, 9.17) is 4.74 Å². The van der Waals surface area contributed by atoms with E-state index in [0.717, 1.165) is 5.56 Å². The molecule has 1 aromatic heterocycles. The molecule has 154 valence electrons. The molecule has 2 atom stereocenters. The van der Waals surface area contributed by atoms with Crippen LogP contribution >= 0.6 is 0 Å². The first-order chi connectivity index (χ1) is 14.2. The zero-order chi connectivity index (χ0) is 21.3. The molecule has 0 spiro atoms. The number of fused-ring (bicyclic) bond motifs is 5. The van der Waals surface area contributed by atoms with Gasteiger partial charge in [-0.2, -0.15) is 0 Å². The fraction of sp³-hybridized carbons (Fsp3) is 0.261. The van der Waals surface area contributed by atoms with Gasteiger partial charge < -0.3 is 4.74 Å². The van der Waals surface area contributed by atoms with Crippen LogP contribution in [0.3, 0.4) is 0 Å². The minimum atomic E-state index is -3.95. The number of aromatic nitrogens is 1. The molecular weight excluding hydrogens is 405 g/mol. The van der Waals surface area contributed by atoms with Crippen molar-refractivity contribution >= 4 is 26.7 Å². The SMILES string of the molecule is Cc1ccc(S(=O)(=O)n2c3c(c4cc(F)ccc42)[C@H]2CC(=O)C=C[C@@]2(C)OC3)cc1. The van der Waals surface area contributed by atoms with Crippen LogP contribution in [-0.2, 0) is 26.2 Å². The number of hydrogen-bond acceptors (Lipinski definition) is 4. The number of nitrogens with zero attached hydrogens (tertiary/aromatic N) is 1. The lowest BCUT2D eigenvalue weighted by molar-refractivity contribution is -0.119. The Morgan fingerprint density at radius 3 is 2.63 bits per heavy atom. The summed E-state index contributed by atoms with van der Waals surface area (Å²) in [6, 6.07) is 10.7. The van der Waals surface area contributed by atoms with Gasteiger partial charge >= 0.3 is 0 Å². The van der Waals surface area contributed by atoms with Crippen LogP contribution in [0.4, 0.5) is 4.39 Å². The second kappa shape index (κ2) is 6.36. The van der Waals surface area contributed by atoms with E-state index in [2.05, 4.69) is 0 Å². The Bertz CT molecular complexity index is 1340. The van der Waals surface area contributed by atoms with Crippen molar-refractivity contribution in [2.75, 3.05) is 0 Å². The summed E-state index contributed by atoms with van der Waals surface area (Å²) in [4.78, 5) is 12.3. The molecular formula is C23H20FNO4S. The minimum absolute atomic E-state index is 0.0439. The lowest BCUT2D eigenvalue weighted by Crippen LogP contribution is -2.42. The Labute approximate surface area is 173 Å². The first-order valence-corrected chi connectivity index (χ1v) is 11.2. The van der Waals surface area contributed by atoms with Crippen LogP contribution in [-0.4, -0.2) is 23.8 Å². The van der Waals surface area contributed by atoms with Gasteiger partial charge in [0.2, 0.25) is 0 Å². The summed E-state index contributed by atoms with van der Waals surface area (Å²) in [7, 11) is -3.95. The van der Waals surface area contributed by atoms with Crippen molar-refractivity contribution in [1.82, 2.24) is 3.97 Å². The molecule has 7 heteroatoms. The second-order valence-electron chi connectivity index (χ2n) is 8.13. The Morgan fingerprint density at radius 2 is 1.90 bits per heavy atom. The number of carbonyl (C=O) groups is 1. The minimum Gasteiger partial charge on any atom is -0.364 e. The number of benzene rings is 2. The highest BCUT2D eigenvalue weighted by molar-refractivity contribution is 7.90. The van der Waals surface area contributed by atoms with E-state index < -0.39 is 27.4 Å². The zero-order valence-electron chi connectivity index (χ0n) is 16.6. The molecule has 0 unspecified atom stereocenters. The Balaban J connectivity index is 1.83. The quantitative estimate of drug-likeness (QED) is 0.616. The van der Waals surface area contributed by atoms with Crippen molar-refractivity contribution in [2.24, 2.45) is 0 Å². The lowest BCUT2D eigenvalue weighted by atomic mass is 9.74. The average molecular weight is 425 g/mol. The molecule has 5 nitrogen and oxygen atoms in total. The molecule has 0 bridgehead atoms. The van der Waals surface area contributed by atoms with E-state index in [-0.39, 0.29) is 23.7 Å². The van der Waals surface area contributed by atoms with E-state index in [0.29, 0.717) is 22.2 Å². The normalized spacial score (nSPS) is 23.4. The van der Waals surface area contributed by atoms with Crippen molar-refractivity contribution < 1.29 is 22.3 Å². The number of rotatable bonds is 2. The van der Waals surface area contributed by atoms with Crippen LogP contribution in [0, 0.1) is 12.7 Å². The smallest absolute Gasteiger partial charge is 0.268 e. The zero-order valence-corrected chi connectivity index (χ0v) is 17.4. The Kier molecular flexibility index (Phi) is 4.07. The van der Waals surface area contributed by atoms with Gasteiger partial charge in [0, 0.05) is 17.7 Å². The number of aryl methyl sites for hydroxylation is 1. The standard InChI is InChI=1S/C23H20FNO4S/c1-14-3-6-17(7-4-14)30(27,28)25-20-8-5-15(24)11-18(20)22-19-12-16(26)9-10-23(19,2)29-13-21(22)25/h3-11,19H,12-13H2,1-2H3/t19-,23-/m1/s1. The highest BCUT2D eigenvalue weighted by atomic mass is 32.2. The summed E-state index contributed by atoms with van der Waals surface area (Å²) in [5.41, 5.74) is 1.70. The maximum Gasteiger partial charge on any atom is 0.268 e. The van der Waals surface area contributed by atoms with E-state index >= 15 is 0 Å². The third-order valence-corrected chi connectivity index (χ3v) is 7.91. The first kappa shape index (κ1) is 19.2. The van der Waals surface area contributed by atoms with Gasteiger partial charge in [0.15, 0.2) is 5.78 Å². The molecule has 0 amide bonds. The van der Waals surface area contributed by atoms with Crippen LogP contribution in [0.25, 0.3) is 10.9 Å². The number of hydrogen-bond donors (Lipinski definition) is 0. The fourth-order valence-corrected chi connectivity index (χ4v) is 6.08. The molecule has 5 rings (SSSR count). The molecule has 1 aliphatic carbocycles. The summed E-state index contributed by atoms with van der Waals surface area (Å²) in [5, 5.41) is 0.503. The molecule has 1 aliphatic heterocycles. The first-order valence-electron chi connectivity index (χ1n) is 9.72. The van der Waals surface area contributed by atoms with Crippen LogP contribution in [0.2, 0.25) is 0 Å². The maximum atomic E-state index is 14.2. The van der Waals surface area contributed by atoms with Crippen molar-refractivity contribution in [3.05, 3.63) is 77.3 Å². The predicted octanol–water partition coefficient (Wildman–Crippen LogP) is 4.23. The van der Waals surface area contributed by atoms with Crippen molar-refractivity contribution in [1.29, 1.82) is 0 Å². The molecule has 2 aromatic carbocycles. The molecule has 30 heavy (non-hydrogen) atoms. The van der Waals surface area contributed by atoms with Crippen molar-refractivity contribution in [2.45, 2.75) is 43.3 Å². The van der Waals surface area contributed by atoms with Crippen LogP contribution in [0.5, 0.6) is 0 Å². The third-order valence-electron chi connectivity index (χ3n) is 6.15. The van der Waals surface area contributed by atoms with E-state index in [1.54, 1.807) is 30.3 Å². The molecule has 0 N–H and O–H groups in total. The number of ketones is 1. The highest BCUT2D eigenvalue weighted by Crippen LogP contribution is 2.48. The van der Waals surface area contributed by atoms with Crippen molar-refractivity contribution in [3.63, 3.8) is 0 Å². The third kappa shape index (κ3) is 2.69. The average Bonchev–Trinajstić information content (AvgIpc) is 3.03. The maximum absolute atomic E-state index is 14.2. The molecule has 0 fully saturated rings. The Hall–Kier alpha value is -2.77. The summed E-state index contributed by atoms with van der Waals surface area (Å²) in [6.07, 6.45) is 3.41. The second-order valence-corrected chi connectivity index (χ2v) is 9.92. The van der Waals surface area contributed by atoms with E-state index in [1.807, 2.05) is 13.8 Å². The van der Waals surface area contributed by atoms with E-state index in [9.17, 15) is 17.6 Å². The van der Waals surface area contributed by atoms with Crippen LogP contribution in [0.1, 0.15) is 36.1 Å². The van der Waals surface area contributed by atoms with Gasteiger partial charge in [-0.1, -0.05) is 17.7 Å². The fourth-order valence-electron chi connectivity index (χ4n) is 4.53. The van der Waals surface area contributed by atoms with Gasteiger partial charge in [0.05, 0.1) is 28.3 Å². The van der Waals surface area contributed by atoms with Gasteiger partial charge in [0.25, 0.3) is 10.0 Å². The van der Waals surface area contributed by atoms with Gasteiger partial charge in [-0.25, -0.2) is 16.8 Å². The largest absolute Gasteiger partial charge is 0.364 e. The number of carbonyl (C=O) groups excluding carboxylic acids is 1. The number of ether oxygens (including phenoxy) is 1. The van der Waals surface area contributed by atoms with Gasteiger partial charge in [-0.15, -0.1) is 0 Å². The molecule has 0 radical (unpaired) electrons. The molecule has 2 heterocycles. The van der Waals surface area contributed by atoms with Gasteiger partial charge in [0.1, 0.15) is 5.82 Å². The Morgan fingerprint density at radius 1 is 1.17 bits per heavy atom. The molecule has 2 aliphatic rings. The predicted molar refractivity (Wildman–Crippen MR) is 110 cm³/mol. The molecule has 0 saturated carbocycles. The summed E-state index contributed by atoms with van der Waals surface area (Å²) in [5.74, 6) is -0.911. The topological polar surface area (TPSA) is 65.4 Å². The van der Waals surface area contributed by atoms with Crippen LogP contribution < -0.4 is 0 Å². The van der Waals surface area contributed by atoms with Gasteiger partial charge in [-0.3, -0.25) is 4.79 Å². The van der Waals surface area contributed by atoms with E-state index in [1.165, 1.54) is 28.2 Å².